The van der Waals surface area contributed by atoms with Crippen molar-refractivity contribution in [2.45, 2.75) is 18.5 Å². The highest BCUT2D eigenvalue weighted by atomic mass is 35.5. The van der Waals surface area contributed by atoms with E-state index >= 15 is 0 Å². The molecule has 0 aromatic heterocycles. The lowest BCUT2D eigenvalue weighted by molar-refractivity contribution is -0.137. The number of hydrogen-bond donors (Lipinski definition) is 0. The molecule has 0 spiro atoms. The Kier molecular flexibility index (Phi) is 5.05. The third-order valence-corrected chi connectivity index (χ3v) is 4.60. The molecule has 0 radical (unpaired) electrons. The molecule has 0 fully saturated rings. The van der Waals surface area contributed by atoms with Crippen LogP contribution in [0.25, 0.3) is 0 Å². The van der Waals surface area contributed by atoms with Crippen LogP contribution in [0.3, 0.4) is 0 Å². The maximum atomic E-state index is 13.3. The molecule has 7 heteroatoms. The number of nitrogens with zero attached hydrogens (tertiary/aromatic N) is 1. The Bertz CT molecular complexity index is 648. The molecule has 2 rings (SSSR count). The molecule has 1 aromatic rings. The fourth-order valence-corrected chi connectivity index (χ4v) is 3.27. The van der Waals surface area contributed by atoms with E-state index < -0.39 is 17.7 Å². The normalized spacial score (nSPS) is 19.3. The topological polar surface area (TPSA) is 3.24 Å². The number of allylic oxidation sites excluding steroid dienone is 4. The van der Waals surface area contributed by atoms with Crippen LogP contribution in [-0.2, 0) is 6.18 Å². The van der Waals surface area contributed by atoms with E-state index in [9.17, 15) is 13.2 Å². The third kappa shape index (κ3) is 3.39. The van der Waals surface area contributed by atoms with Gasteiger partial charge in [0.1, 0.15) is 0 Å². The number of anilines is 1. The van der Waals surface area contributed by atoms with Crippen LogP contribution in [0.4, 0.5) is 18.9 Å². The maximum Gasteiger partial charge on any atom is 0.418 e. The van der Waals surface area contributed by atoms with Crippen molar-refractivity contribution in [3.63, 3.8) is 0 Å². The Hall–Kier alpha value is -0.840. The van der Waals surface area contributed by atoms with E-state index in [0.717, 1.165) is 6.07 Å². The molecule has 0 amide bonds. The van der Waals surface area contributed by atoms with Crippen molar-refractivity contribution >= 4 is 40.5 Å². The molecule has 1 aromatic carbocycles. The van der Waals surface area contributed by atoms with Gasteiger partial charge in [0.2, 0.25) is 0 Å². The summed E-state index contributed by atoms with van der Waals surface area (Å²) in [6, 6.07) is 4.07. The summed E-state index contributed by atoms with van der Waals surface area (Å²) in [5, 5.41) is 1.08. The Morgan fingerprint density at radius 3 is 2.32 bits per heavy atom. The Morgan fingerprint density at radius 2 is 1.77 bits per heavy atom. The smallest absolute Gasteiger partial charge is 0.377 e. The summed E-state index contributed by atoms with van der Waals surface area (Å²) < 4.78 is 39.8. The van der Waals surface area contributed by atoms with E-state index in [1.54, 1.807) is 20.2 Å². The van der Waals surface area contributed by atoms with Gasteiger partial charge in [-0.05, 0) is 24.1 Å². The summed E-state index contributed by atoms with van der Waals surface area (Å²) in [6.07, 6.45) is -2.69. The molecular formula is C15H13Cl3F3N. The molecule has 0 bridgehead atoms. The standard InChI is InChI=1S/C15H13Cl3F3N/c1-22(2)14-8(4-3-5-10(14)15(19,20)21)9-6-12(17)13(18)7-11(9)16/h3-5,7,9H,6H2,1-2H3. The van der Waals surface area contributed by atoms with Crippen molar-refractivity contribution in [3.05, 3.63) is 50.5 Å². The molecule has 120 valence electrons. The lowest BCUT2D eigenvalue weighted by Crippen LogP contribution is -2.20. The van der Waals surface area contributed by atoms with Gasteiger partial charge >= 0.3 is 6.18 Å². The predicted octanol–water partition coefficient (Wildman–Crippen LogP) is 6.07. The van der Waals surface area contributed by atoms with Gasteiger partial charge < -0.3 is 4.90 Å². The van der Waals surface area contributed by atoms with Crippen LogP contribution in [0.1, 0.15) is 23.5 Å². The minimum absolute atomic E-state index is 0.0917. The third-order valence-electron chi connectivity index (χ3n) is 3.44. The lowest BCUT2D eigenvalue weighted by Gasteiger charge is -2.28. The SMILES string of the molecule is CN(C)c1c(C2CC(Cl)=C(Cl)C=C2Cl)cccc1C(F)(F)F. The van der Waals surface area contributed by atoms with Gasteiger partial charge in [-0.25, -0.2) is 0 Å². The summed E-state index contributed by atoms with van der Waals surface area (Å²) >= 11 is 18.2. The van der Waals surface area contributed by atoms with Crippen molar-refractivity contribution in [1.82, 2.24) is 0 Å². The van der Waals surface area contributed by atoms with E-state index in [2.05, 4.69) is 0 Å². The second-order valence-corrected chi connectivity index (χ2v) is 6.47. The van der Waals surface area contributed by atoms with Crippen molar-refractivity contribution in [2.24, 2.45) is 0 Å². The van der Waals surface area contributed by atoms with Crippen molar-refractivity contribution in [1.29, 1.82) is 0 Å². The number of para-hydroxylation sites is 1. The molecule has 0 heterocycles. The maximum absolute atomic E-state index is 13.3. The van der Waals surface area contributed by atoms with Crippen molar-refractivity contribution in [3.8, 4) is 0 Å². The summed E-state index contributed by atoms with van der Waals surface area (Å²) in [6.45, 7) is 0. The number of halogens is 6. The fraction of sp³-hybridized carbons (Fsp3) is 0.333. The Balaban J connectivity index is 2.60. The van der Waals surface area contributed by atoms with Gasteiger partial charge in [-0.1, -0.05) is 46.9 Å². The average molecular weight is 371 g/mol. The molecular weight excluding hydrogens is 358 g/mol. The summed E-state index contributed by atoms with van der Waals surface area (Å²) in [4.78, 5) is 1.44. The van der Waals surface area contributed by atoms with Gasteiger partial charge in [-0.15, -0.1) is 0 Å². The molecule has 1 aliphatic carbocycles. The highest BCUT2D eigenvalue weighted by Crippen LogP contribution is 2.47. The van der Waals surface area contributed by atoms with Crippen LogP contribution in [-0.4, -0.2) is 14.1 Å². The zero-order chi connectivity index (χ0) is 16.7. The quantitative estimate of drug-likeness (QED) is 0.610. The van der Waals surface area contributed by atoms with Gasteiger partial charge in [0.25, 0.3) is 0 Å². The van der Waals surface area contributed by atoms with Crippen LogP contribution in [0.15, 0.2) is 39.4 Å². The first-order valence-electron chi connectivity index (χ1n) is 6.41. The second kappa shape index (κ2) is 6.34. The first-order chi connectivity index (χ1) is 10.1. The van der Waals surface area contributed by atoms with Gasteiger partial charge in [0.15, 0.2) is 0 Å². The molecule has 1 nitrogen and oxygen atoms in total. The highest BCUT2D eigenvalue weighted by Gasteiger charge is 2.37. The predicted molar refractivity (Wildman–Crippen MR) is 85.8 cm³/mol. The van der Waals surface area contributed by atoms with Gasteiger partial charge in [0, 0.05) is 30.1 Å². The number of alkyl halides is 3. The Morgan fingerprint density at radius 1 is 1.14 bits per heavy atom. The molecule has 1 unspecified atom stereocenters. The minimum Gasteiger partial charge on any atom is -0.377 e. The van der Waals surface area contributed by atoms with E-state index in [-0.39, 0.29) is 12.1 Å². The average Bonchev–Trinajstić information content (AvgIpc) is 2.41. The van der Waals surface area contributed by atoms with Crippen LogP contribution >= 0.6 is 34.8 Å². The molecule has 0 saturated carbocycles. The first kappa shape index (κ1) is 17.5. The van der Waals surface area contributed by atoms with E-state index in [0.29, 0.717) is 20.7 Å². The van der Waals surface area contributed by atoms with Gasteiger partial charge in [-0.3, -0.25) is 0 Å². The zero-order valence-corrected chi connectivity index (χ0v) is 14.1. The van der Waals surface area contributed by atoms with E-state index in [1.807, 2.05) is 0 Å². The van der Waals surface area contributed by atoms with Crippen LogP contribution in [0, 0.1) is 0 Å². The van der Waals surface area contributed by atoms with Gasteiger partial charge in [-0.2, -0.15) is 13.2 Å². The van der Waals surface area contributed by atoms with Crippen molar-refractivity contribution in [2.75, 3.05) is 19.0 Å². The second-order valence-electron chi connectivity index (χ2n) is 5.17. The zero-order valence-electron chi connectivity index (χ0n) is 11.8. The van der Waals surface area contributed by atoms with Crippen LogP contribution in [0.5, 0.6) is 0 Å². The molecule has 0 aliphatic heterocycles. The molecule has 0 saturated heterocycles. The minimum atomic E-state index is -4.45. The summed E-state index contributed by atoms with van der Waals surface area (Å²) in [5.74, 6) is -0.448. The highest BCUT2D eigenvalue weighted by molar-refractivity contribution is 6.42. The van der Waals surface area contributed by atoms with Crippen molar-refractivity contribution < 1.29 is 13.2 Å². The number of rotatable bonds is 2. The largest absolute Gasteiger partial charge is 0.418 e. The van der Waals surface area contributed by atoms with Crippen LogP contribution < -0.4 is 4.90 Å². The lowest BCUT2D eigenvalue weighted by atomic mass is 9.88. The monoisotopic (exact) mass is 369 g/mol. The molecule has 1 atom stereocenters. The van der Waals surface area contributed by atoms with E-state index in [1.165, 1.54) is 17.0 Å². The fourth-order valence-electron chi connectivity index (χ4n) is 2.50. The van der Waals surface area contributed by atoms with E-state index in [4.69, 9.17) is 34.8 Å². The molecule has 22 heavy (non-hydrogen) atoms. The van der Waals surface area contributed by atoms with Gasteiger partial charge in [0.05, 0.1) is 16.3 Å². The number of hydrogen-bond acceptors (Lipinski definition) is 1. The Labute approximate surface area is 141 Å². The summed E-state index contributed by atoms with van der Waals surface area (Å²) in [5.41, 5.74) is -0.131. The molecule has 1 aliphatic rings. The van der Waals surface area contributed by atoms with Crippen LogP contribution in [0.2, 0.25) is 0 Å². The first-order valence-corrected chi connectivity index (χ1v) is 7.55. The summed E-state index contributed by atoms with van der Waals surface area (Å²) in [7, 11) is 3.14. The molecule has 0 N–H and O–H groups in total. The number of benzene rings is 1.